The predicted molar refractivity (Wildman–Crippen MR) is 118 cm³/mol. The third kappa shape index (κ3) is 4.78. The Labute approximate surface area is 173 Å². The molecule has 1 N–H and O–H groups in total. The van der Waals surface area contributed by atoms with Crippen molar-refractivity contribution in [1.82, 2.24) is 9.88 Å². The first-order chi connectivity index (χ1) is 14.3. The maximum atomic E-state index is 12.6. The molecule has 0 atom stereocenters. The molecular weight excluding hydrogens is 360 g/mol. The Bertz CT molecular complexity index is 908. The van der Waals surface area contributed by atoms with Gasteiger partial charge in [0, 0.05) is 25.6 Å². The maximum absolute atomic E-state index is 12.6. The third-order valence-corrected chi connectivity index (χ3v) is 5.54. The second kappa shape index (κ2) is 9.58. The van der Waals surface area contributed by atoms with Gasteiger partial charge in [-0.15, -0.1) is 11.8 Å². The normalized spacial score (nSPS) is 16.1. The molecule has 0 spiro atoms. The number of pyridine rings is 1. The Morgan fingerprint density at radius 2 is 1.79 bits per heavy atom. The fourth-order valence-electron chi connectivity index (χ4n) is 4.06. The summed E-state index contributed by atoms with van der Waals surface area (Å²) in [4.78, 5) is 21.8. The SMILES string of the molecule is O=C1Nc2cccnc2N(CCC#CCCCN2CCCCC2)c2ccccc21. The van der Waals surface area contributed by atoms with Gasteiger partial charge >= 0.3 is 0 Å². The molecule has 3 heterocycles. The molecule has 0 bridgehead atoms. The summed E-state index contributed by atoms with van der Waals surface area (Å²) in [5, 5.41) is 2.97. The van der Waals surface area contributed by atoms with Crippen LogP contribution < -0.4 is 10.2 Å². The summed E-state index contributed by atoms with van der Waals surface area (Å²) in [5.74, 6) is 7.33. The van der Waals surface area contributed by atoms with Gasteiger partial charge in [0.05, 0.1) is 16.9 Å². The van der Waals surface area contributed by atoms with Crippen molar-refractivity contribution in [3.8, 4) is 11.8 Å². The van der Waals surface area contributed by atoms with Gasteiger partial charge in [-0.2, -0.15) is 0 Å². The number of benzene rings is 1. The van der Waals surface area contributed by atoms with Crippen molar-refractivity contribution in [2.45, 2.75) is 38.5 Å². The molecule has 0 aliphatic carbocycles. The van der Waals surface area contributed by atoms with Gasteiger partial charge in [0.2, 0.25) is 0 Å². The van der Waals surface area contributed by atoms with Crippen molar-refractivity contribution in [3.05, 3.63) is 48.2 Å². The zero-order chi connectivity index (χ0) is 19.9. The van der Waals surface area contributed by atoms with Gasteiger partial charge in [-0.25, -0.2) is 4.98 Å². The smallest absolute Gasteiger partial charge is 0.257 e. The summed E-state index contributed by atoms with van der Waals surface area (Å²) >= 11 is 0. The zero-order valence-electron chi connectivity index (χ0n) is 16.9. The Morgan fingerprint density at radius 3 is 2.69 bits per heavy atom. The van der Waals surface area contributed by atoms with Gasteiger partial charge in [0.25, 0.3) is 5.91 Å². The predicted octanol–water partition coefficient (Wildman–Crippen LogP) is 4.45. The number of amides is 1. The van der Waals surface area contributed by atoms with E-state index in [2.05, 4.69) is 31.9 Å². The average molecular weight is 389 g/mol. The molecule has 2 aromatic rings. The highest BCUT2D eigenvalue weighted by Crippen LogP contribution is 2.35. The molecule has 1 aromatic carbocycles. The quantitative estimate of drug-likeness (QED) is 0.607. The van der Waals surface area contributed by atoms with Gasteiger partial charge in [0.1, 0.15) is 0 Å². The number of carbonyl (C=O) groups excluding carboxylic acids is 1. The number of aromatic nitrogens is 1. The van der Waals surface area contributed by atoms with Crippen molar-refractivity contribution in [3.63, 3.8) is 0 Å². The summed E-state index contributed by atoms with van der Waals surface area (Å²) in [6, 6.07) is 11.4. The van der Waals surface area contributed by atoms with Gasteiger partial charge in [-0.1, -0.05) is 18.6 Å². The molecule has 0 saturated carbocycles. The van der Waals surface area contributed by atoms with Gasteiger partial charge in [0.15, 0.2) is 5.82 Å². The Kier molecular flexibility index (Phi) is 6.43. The number of hydrogen-bond acceptors (Lipinski definition) is 4. The number of rotatable bonds is 5. The van der Waals surface area contributed by atoms with E-state index in [1.54, 1.807) is 6.20 Å². The molecule has 1 amide bonds. The lowest BCUT2D eigenvalue weighted by Gasteiger charge is -2.25. The minimum Gasteiger partial charge on any atom is -0.323 e. The minimum absolute atomic E-state index is 0.0962. The lowest BCUT2D eigenvalue weighted by molar-refractivity contribution is 0.102. The van der Waals surface area contributed by atoms with E-state index < -0.39 is 0 Å². The van der Waals surface area contributed by atoms with E-state index in [0.29, 0.717) is 12.1 Å². The number of hydrogen-bond donors (Lipinski definition) is 1. The molecular formula is C24H28N4O. The van der Waals surface area contributed by atoms with Crippen LogP contribution in [0.3, 0.4) is 0 Å². The largest absolute Gasteiger partial charge is 0.323 e. The lowest BCUT2D eigenvalue weighted by Crippen LogP contribution is -2.30. The third-order valence-electron chi connectivity index (χ3n) is 5.54. The molecule has 0 unspecified atom stereocenters. The second-order valence-electron chi connectivity index (χ2n) is 7.61. The number of likely N-dealkylation sites (tertiary alicyclic amines) is 1. The van der Waals surface area contributed by atoms with Crippen LogP contribution in [0, 0.1) is 11.8 Å². The Balaban J connectivity index is 1.38. The molecule has 1 fully saturated rings. The number of nitrogens with one attached hydrogen (secondary N) is 1. The number of unbranched alkanes of at least 4 members (excludes halogenated alkanes) is 1. The number of anilines is 3. The number of fused-ring (bicyclic) bond motifs is 2. The molecule has 0 radical (unpaired) electrons. The summed E-state index contributed by atoms with van der Waals surface area (Å²) in [7, 11) is 0. The highest BCUT2D eigenvalue weighted by atomic mass is 16.1. The van der Waals surface area contributed by atoms with Gasteiger partial charge < -0.3 is 15.1 Å². The molecule has 2 aliphatic heterocycles. The van der Waals surface area contributed by atoms with Crippen molar-refractivity contribution in [1.29, 1.82) is 0 Å². The first-order valence-corrected chi connectivity index (χ1v) is 10.6. The van der Waals surface area contributed by atoms with E-state index >= 15 is 0 Å². The van der Waals surface area contributed by atoms with Crippen LogP contribution in [0.2, 0.25) is 0 Å². The van der Waals surface area contributed by atoms with Crippen LogP contribution in [-0.2, 0) is 0 Å². The molecule has 5 nitrogen and oxygen atoms in total. The van der Waals surface area contributed by atoms with Gasteiger partial charge in [-0.05, 0) is 63.2 Å². The Morgan fingerprint density at radius 1 is 0.966 bits per heavy atom. The summed E-state index contributed by atoms with van der Waals surface area (Å²) in [6.45, 7) is 4.37. The zero-order valence-corrected chi connectivity index (χ0v) is 16.9. The fraction of sp³-hybridized carbons (Fsp3) is 0.417. The second-order valence-corrected chi connectivity index (χ2v) is 7.61. The fourth-order valence-corrected chi connectivity index (χ4v) is 4.06. The van der Waals surface area contributed by atoms with Crippen molar-refractivity contribution < 1.29 is 4.79 Å². The van der Waals surface area contributed by atoms with Gasteiger partial charge in [-0.3, -0.25) is 4.79 Å². The minimum atomic E-state index is -0.0962. The number of para-hydroxylation sites is 1. The molecule has 1 aromatic heterocycles. The number of piperidine rings is 1. The first kappa shape index (κ1) is 19.5. The van der Waals surface area contributed by atoms with Crippen LogP contribution in [0.25, 0.3) is 0 Å². The van der Waals surface area contributed by atoms with Crippen LogP contribution in [0.15, 0.2) is 42.6 Å². The van der Waals surface area contributed by atoms with E-state index in [1.165, 1.54) is 38.9 Å². The average Bonchev–Trinajstić information content (AvgIpc) is 2.88. The molecule has 4 rings (SSSR count). The monoisotopic (exact) mass is 388 g/mol. The van der Waals surface area contributed by atoms with E-state index in [9.17, 15) is 4.79 Å². The maximum Gasteiger partial charge on any atom is 0.257 e. The van der Waals surface area contributed by atoms with E-state index in [4.69, 9.17) is 0 Å². The standard InChI is InChI=1S/C24H28N4O/c29-24-20-12-5-6-14-22(20)28(23-21(26-24)13-11-15-25-23)19-10-3-1-2-7-16-27-17-8-4-9-18-27/h5-6,11-15H,2,4,7-10,16-19H2,(H,26,29). The molecule has 150 valence electrons. The summed E-state index contributed by atoms with van der Waals surface area (Å²) in [5.41, 5.74) is 2.29. The molecule has 29 heavy (non-hydrogen) atoms. The highest BCUT2D eigenvalue weighted by molar-refractivity contribution is 6.11. The summed E-state index contributed by atoms with van der Waals surface area (Å²) < 4.78 is 0. The van der Waals surface area contributed by atoms with E-state index in [-0.39, 0.29) is 5.91 Å². The van der Waals surface area contributed by atoms with Crippen molar-refractivity contribution in [2.75, 3.05) is 36.4 Å². The highest BCUT2D eigenvalue weighted by Gasteiger charge is 2.25. The molecule has 1 saturated heterocycles. The summed E-state index contributed by atoms with van der Waals surface area (Å²) in [6.07, 6.45) is 8.66. The number of carbonyl (C=O) groups is 1. The number of nitrogens with zero attached hydrogens (tertiary/aromatic N) is 3. The van der Waals surface area contributed by atoms with Crippen LogP contribution in [-0.4, -0.2) is 42.0 Å². The molecule has 2 aliphatic rings. The topological polar surface area (TPSA) is 48.5 Å². The lowest BCUT2D eigenvalue weighted by atomic mass is 10.1. The van der Waals surface area contributed by atoms with Crippen LogP contribution >= 0.6 is 0 Å². The van der Waals surface area contributed by atoms with E-state index in [1.807, 2.05) is 36.4 Å². The molecule has 5 heteroatoms. The van der Waals surface area contributed by atoms with Crippen LogP contribution in [0.1, 0.15) is 48.9 Å². The van der Waals surface area contributed by atoms with Crippen molar-refractivity contribution in [2.24, 2.45) is 0 Å². The first-order valence-electron chi connectivity index (χ1n) is 10.6. The van der Waals surface area contributed by atoms with E-state index in [0.717, 1.165) is 36.5 Å². The van der Waals surface area contributed by atoms with Crippen LogP contribution in [0.4, 0.5) is 17.2 Å². The van der Waals surface area contributed by atoms with Crippen LogP contribution in [0.5, 0.6) is 0 Å². The Hall–Kier alpha value is -2.84. The van der Waals surface area contributed by atoms with Crippen molar-refractivity contribution >= 4 is 23.1 Å².